The first-order valence-corrected chi connectivity index (χ1v) is 5.35. The van der Waals surface area contributed by atoms with Crippen molar-refractivity contribution in [2.24, 2.45) is 0 Å². The summed E-state index contributed by atoms with van der Waals surface area (Å²) in [6.07, 6.45) is 6.79. The second kappa shape index (κ2) is 6.52. The first-order valence-electron chi connectivity index (χ1n) is 3.98. The zero-order valence-electron chi connectivity index (χ0n) is 8.12. The smallest absolute Gasteiger partial charge is 0.338 e. The van der Waals surface area contributed by atoms with Crippen LogP contribution in [0.5, 0.6) is 0 Å². The van der Waals surface area contributed by atoms with E-state index in [-0.39, 0.29) is 0 Å². The Morgan fingerprint density at radius 3 is 2.43 bits per heavy atom. The summed E-state index contributed by atoms with van der Waals surface area (Å²) in [7, 11) is -3.29. The van der Waals surface area contributed by atoms with Crippen LogP contribution in [0.25, 0.3) is 0 Å². The number of hydrogen-bond donors (Lipinski definition) is 1. The van der Waals surface area contributed by atoms with Crippen LogP contribution in [0.1, 0.15) is 13.3 Å². The van der Waals surface area contributed by atoms with Crippen LogP contribution in [0, 0.1) is 0 Å². The average Bonchev–Trinajstić information content (AvgIpc) is 2.58. The maximum absolute atomic E-state index is 9.33. The third-order valence-corrected chi connectivity index (χ3v) is 1.67. The van der Waals surface area contributed by atoms with E-state index in [0.29, 0.717) is 0 Å². The van der Waals surface area contributed by atoms with E-state index < -0.39 is 10.4 Å². The highest BCUT2D eigenvalue weighted by Gasteiger charge is 1.94. The molecule has 1 aromatic rings. The van der Waals surface area contributed by atoms with Gasteiger partial charge in [0.2, 0.25) is 0 Å². The van der Waals surface area contributed by atoms with Gasteiger partial charge in [0.05, 0.1) is 13.4 Å². The molecule has 0 bridgehead atoms. The molecule has 0 spiro atoms. The van der Waals surface area contributed by atoms with Gasteiger partial charge in [0.15, 0.2) is 0 Å². The molecule has 82 valence electrons. The Balaban J connectivity index is 0.000000255. The zero-order valence-corrected chi connectivity index (χ0v) is 8.94. The number of aryl methyl sites for hydroxylation is 1. The molecule has 0 aliphatic carbocycles. The van der Waals surface area contributed by atoms with Gasteiger partial charge in [-0.2, -0.15) is 8.42 Å². The summed E-state index contributed by atoms with van der Waals surface area (Å²) >= 11 is 0. The third kappa shape index (κ3) is 7.71. The van der Waals surface area contributed by atoms with Crippen LogP contribution in [0.4, 0.5) is 0 Å². The summed E-state index contributed by atoms with van der Waals surface area (Å²) in [6.45, 7) is 3.24. The molecule has 1 aromatic heterocycles. The van der Waals surface area contributed by atoms with Gasteiger partial charge in [0.25, 0.3) is 0 Å². The van der Waals surface area contributed by atoms with Crippen LogP contribution in [0.3, 0.4) is 0 Å². The van der Waals surface area contributed by atoms with Gasteiger partial charge in [-0.3, -0.25) is 8.74 Å². The van der Waals surface area contributed by atoms with Gasteiger partial charge in [-0.25, -0.2) is 4.98 Å². The third-order valence-electron chi connectivity index (χ3n) is 1.25. The highest BCUT2D eigenvalue weighted by atomic mass is 32.3. The minimum atomic E-state index is -4.16. The van der Waals surface area contributed by atoms with E-state index in [1.807, 2.05) is 12.5 Å². The van der Waals surface area contributed by atoms with Gasteiger partial charge in [-0.05, 0) is 6.42 Å². The molecular formula is C7H14N2O4S. The molecule has 6 nitrogen and oxygen atoms in total. The maximum atomic E-state index is 9.33. The van der Waals surface area contributed by atoms with Crippen molar-refractivity contribution in [3.8, 4) is 0 Å². The van der Waals surface area contributed by atoms with Crippen molar-refractivity contribution in [1.82, 2.24) is 9.55 Å². The van der Waals surface area contributed by atoms with Crippen molar-refractivity contribution < 1.29 is 17.2 Å². The second-order valence-corrected chi connectivity index (χ2v) is 3.58. The van der Waals surface area contributed by atoms with Crippen molar-refractivity contribution in [3.05, 3.63) is 18.7 Å². The quantitative estimate of drug-likeness (QED) is 0.762. The monoisotopic (exact) mass is 222 g/mol. The topological polar surface area (TPSA) is 81.4 Å². The fourth-order valence-electron chi connectivity index (χ4n) is 0.677. The zero-order chi connectivity index (χ0) is 11.0. The second-order valence-electron chi connectivity index (χ2n) is 2.39. The lowest BCUT2D eigenvalue weighted by Crippen LogP contribution is -1.96. The average molecular weight is 222 g/mol. The molecule has 0 aliphatic rings. The molecule has 0 aliphatic heterocycles. The molecule has 0 fully saturated rings. The lowest BCUT2D eigenvalue weighted by molar-refractivity contribution is 0.324. The van der Waals surface area contributed by atoms with Gasteiger partial charge in [-0.15, -0.1) is 0 Å². The van der Waals surface area contributed by atoms with Crippen LogP contribution < -0.4 is 0 Å². The fourth-order valence-corrected chi connectivity index (χ4v) is 0.677. The van der Waals surface area contributed by atoms with E-state index in [2.05, 4.69) is 20.7 Å². The molecule has 1 heterocycles. The first kappa shape index (κ1) is 13.1. The molecule has 0 unspecified atom stereocenters. The van der Waals surface area contributed by atoms with E-state index in [1.165, 1.54) is 6.42 Å². The summed E-state index contributed by atoms with van der Waals surface area (Å²) in [5.74, 6) is 0. The molecule has 7 heteroatoms. The molecule has 0 atom stereocenters. The molecule has 0 radical (unpaired) electrons. The van der Waals surface area contributed by atoms with Crippen LogP contribution in [0.15, 0.2) is 18.7 Å². The number of rotatable bonds is 3. The van der Waals surface area contributed by atoms with Crippen molar-refractivity contribution >= 4 is 10.4 Å². The van der Waals surface area contributed by atoms with Crippen molar-refractivity contribution in [2.75, 3.05) is 7.11 Å². The SMILES string of the molecule is CCCn1ccnc1.COS(=O)(=O)O. The summed E-state index contributed by atoms with van der Waals surface area (Å²) in [5.41, 5.74) is 0. The highest BCUT2D eigenvalue weighted by molar-refractivity contribution is 7.80. The molecule has 0 saturated heterocycles. The van der Waals surface area contributed by atoms with Crippen LogP contribution in [-0.4, -0.2) is 29.6 Å². The predicted octanol–water partition coefficient (Wildman–Crippen LogP) is 0.729. The Morgan fingerprint density at radius 2 is 2.14 bits per heavy atom. The Labute approximate surface area is 83.5 Å². The summed E-state index contributed by atoms with van der Waals surface area (Å²) < 4.78 is 31.8. The molecular weight excluding hydrogens is 208 g/mol. The number of imidazole rings is 1. The summed E-state index contributed by atoms with van der Waals surface area (Å²) in [5, 5.41) is 0. The Morgan fingerprint density at radius 1 is 1.57 bits per heavy atom. The number of aromatic nitrogens is 2. The van der Waals surface area contributed by atoms with Crippen LogP contribution >= 0.6 is 0 Å². The van der Waals surface area contributed by atoms with E-state index in [0.717, 1.165) is 13.7 Å². The minimum absolute atomic E-state index is 0.870. The van der Waals surface area contributed by atoms with E-state index in [9.17, 15) is 8.42 Å². The van der Waals surface area contributed by atoms with Crippen molar-refractivity contribution in [2.45, 2.75) is 19.9 Å². The lowest BCUT2D eigenvalue weighted by atomic mass is 10.5. The molecule has 1 rings (SSSR count). The van der Waals surface area contributed by atoms with Gasteiger partial charge in [0, 0.05) is 18.9 Å². The van der Waals surface area contributed by atoms with Gasteiger partial charge in [-0.1, -0.05) is 6.92 Å². The summed E-state index contributed by atoms with van der Waals surface area (Å²) in [4.78, 5) is 3.90. The Kier molecular flexibility index (Phi) is 6.09. The minimum Gasteiger partial charge on any atom is -0.338 e. The van der Waals surface area contributed by atoms with Gasteiger partial charge >= 0.3 is 10.4 Å². The molecule has 14 heavy (non-hydrogen) atoms. The Bertz CT molecular complexity index is 319. The van der Waals surface area contributed by atoms with Crippen molar-refractivity contribution in [3.63, 3.8) is 0 Å². The van der Waals surface area contributed by atoms with E-state index in [4.69, 9.17) is 4.55 Å². The van der Waals surface area contributed by atoms with E-state index in [1.54, 1.807) is 6.20 Å². The fraction of sp³-hybridized carbons (Fsp3) is 0.571. The first-order chi connectivity index (χ1) is 6.49. The maximum Gasteiger partial charge on any atom is 0.397 e. The summed E-state index contributed by atoms with van der Waals surface area (Å²) in [6, 6.07) is 0. The van der Waals surface area contributed by atoms with Crippen LogP contribution in [0.2, 0.25) is 0 Å². The lowest BCUT2D eigenvalue weighted by Gasteiger charge is -1.93. The van der Waals surface area contributed by atoms with Gasteiger partial charge in [0.1, 0.15) is 0 Å². The molecule has 0 saturated carbocycles. The predicted molar refractivity (Wildman–Crippen MR) is 51.1 cm³/mol. The highest BCUT2D eigenvalue weighted by Crippen LogP contribution is 1.87. The normalized spacial score (nSPS) is 10.5. The molecule has 1 N–H and O–H groups in total. The molecule has 0 amide bonds. The standard InChI is InChI=1S/C6H10N2.CH4O4S/c1-2-4-8-5-3-7-6-8;1-5-6(2,3)4/h3,5-6H,2,4H2,1H3;1H3,(H,2,3,4). The van der Waals surface area contributed by atoms with E-state index >= 15 is 0 Å². The van der Waals surface area contributed by atoms with Crippen LogP contribution in [-0.2, 0) is 21.1 Å². The number of nitrogens with zero attached hydrogens (tertiary/aromatic N) is 2. The Hall–Kier alpha value is -0.920. The number of hydrogen-bond acceptors (Lipinski definition) is 4. The largest absolute Gasteiger partial charge is 0.397 e. The molecule has 0 aromatic carbocycles. The van der Waals surface area contributed by atoms with Crippen molar-refractivity contribution in [1.29, 1.82) is 0 Å². The van der Waals surface area contributed by atoms with Gasteiger partial charge < -0.3 is 4.57 Å².